The summed E-state index contributed by atoms with van der Waals surface area (Å²) in [7, 11) is 5.00. The molecule has 1 amide bonds. The van der Waals surface area contributed by atoms with Crippen molar-refractivity contribution in [3.8, 4) is 5.75 Å². The molecule has 0 spiro atoms. The van der Waals surface area contributed by atoms with Crippen molar-refractivity contribution in [1.29, 1.82) is 0 Å². The molecule has 0 N–H and O–H groups in total. The smallest absolute Gasteiger partial charge is 0.254 e. The number of hydrogen-bond donors (Lipinski definition) is 0. The van der Waals surface area contributed by atoms with Gasteiger partial charge in [-0.25, -0.2) is 0 Å². The molecule has 0 aliphatic rings. The quantitative estimate of drug-likeness (QED) is 0.870. The van der Waals surface area contributed by atoms with E-state index in [1.165, 1.54) is 10.6 Å². The number of carbonyl (C=O) groups excluding carboxylic acids is 1. The second-order valence-electron chi connectivity index (χ2n) is 5.23. The Morgan fingerprint density at radius 2 is 1.86 bits per heavy atom. The number of methoxy groups -OCH3 is 1. The minimum absolute atomic E-state index is 0.109. The minimum atomic E-state index is -0.198. The highest BCUT2D eigenvalue weighted by Crippen LogP contribution is 2.22. The summed E-state index contributed by atoms with van der Waals surface area (Å²) in [5.74, 6) is 0.595. The number of amides is 1. The SMILES string of the molecule is COc1ccc(C(C)N(C)C(=O)c2ccn(C)c(=O)c2)cc1. The first-order chi connectivity index (χ1) is 10.4. The number of hydrogen-bond acceptors (Lipinski definition) is 3. The molecule has 0 bridgehead atoms. The van der Waals surface area contributed by atoms with Crippen molar-refractivity contribution < 1.29 is 9.53 Å². The molecule has 1 heterocycles. The van der Waals surface area contributed by atoms with Crippen LogP contribution < -0.4 is 10.3 Å². The molecule has 1 unspecified atom stereocenters. The van der Waals surface area contributed by atoms with E-state index >= 15 is 0 Å². The van der Waals surface area contributed by atoms with Gasteiger partial charge >= 0.3 is 0 Å². The molecular weight excluding hydrogens is 280 g/mol. The minimum Gasteiger partial charge on any atom is -0.497 e. The molecule has 0 saturated heterocycles. The Morgan fingerprint density at radius 1 is 1.23 bits per heavy atom. The van der Waals surface area contributed by atoms with Gasteiger partial charge in [-0.15, -0.1) is 0 Å². The van der Waals surface area contributed by atoms with Gasteiger partial charge in [-0.1, -0.05) is 12.1 Å². The number of rotatable bonds is 4. The topological polar surface area (TPSA) is 51.5 Å². The molecular formula is C17H20N2O3. The van der Waals surface area contributed by atoms with Crippen molar-refractivity contribution in [3.05, 3.63) is 64.1 Å². The third-order valence-corrected chi connectivity index (χ3v) is 3.85. The van der Waals surface area contributed by atoms with Gasteiger partial charge < -0.3 is 14.2 Å². The van der Waals surface area contributed by atoms with E-state index in [1.807, 2.05) is 31.2 Å². The Labute approximate surface area is 129 Å². The first-order valence-electron chi connectivity index (χ1n) is 7.02. The molecule has 1 atom stereocenters. The number of nitrogens with zero attached hydrogens (tertiary/aromatic N) is 2. The van der Waals surface area contributed by atoms with E-state index in [-0.39, 0.29) is 17.5 Å². The van der Waals surface area contributed by atoms with Gasteiger partial charge in [0.05, 0.1) is 13.2 Å². The normalized spacial score (nSPS) is 11.8. The Hall–Kier alpha value is -2.56. The summed E-state index contributed by atoms with van der Waals surface area (Å²) in [6.45, 7) is 1.95. The van der Waals surface area contributed by atoms with Crippen molar-refractivity contribution >= 4 is 5.91 Å². The van der Waals surface area contributed by atoms with Crippen LogP contribution in [0.5, 0.6) is 5.75 Å². The average molecular weight is 300 g/mol. The van der Waals surface area contributed by atoms with Gasteiger partial charge in [0.25, 0.3) is 11.5 Å². The molecule has 5 heteroatoms. The van der Waals surface area contributed by atoms with Crippen LogP contribution in [-0.2, 0) is 7.05 Å². The van der Waals surface area contributed by atoms with E-state index in [1.54, 1.807) is 38.4 Å². The third kappa shape index (κ3) is 3.19. The van der Waals surface area contributed by atoms with E-state index in [2.05, 4.69) is 0 Å². The molecule has 2 aromatic rings. The summed E-state index contributed by atoms with van der Waals surface area (Å²) < 4.78 is 6.57. The zero-order chi connectivity index (χ0) is 16.3. The van der Waals surface area contributed by atoms with Crippen molar-refractivity contribution in [2.45, 2.75) is 13.0 Å². The van der Waals surface area contributed by atoms with Crippen LogP contribution in [0.1, 0.15) is 28.9 Å². The lowest BCUT2D eigenvalue weighted by molar-refractivity contribution is 0.0742. The van der Waals surface area contributed by atoms with Crippen molar-refractivity contribution in [2.24, 2.45) is 7.05 Å². The molecule has 1 aromatic heterocycles. The molecule has 0 aliphatic carbocycles. The molecule has 22 heavy (non-hydrogen) atoms. The Morgan fingerprint density at radius 3 is 2.41 bits per heavy atom. The highest BCUT2D eigenvalue weighted by atomic mass is 16.5. The van der Waals surface area contributed by atoms with Crippen molar-refractivity contribution in [3.63, 3.8) is 0 Å². The fraction of sp³-hybridized carbons (Fsp3) is 0.294. The summed E-state index contributed by atoms with van der Waals surface area (Å²) in [5.41, 5.74) is 1.20. The molecule has 116 valence electrons. The fourth-order valence-corrected chi connectivity index (χ4v) is 2.17. The van der Waals surface area contributed by atoms with Crippen LogP contribution >= 0.6 is 0 Å². The van der Waals surface area contributed by atoms with Crippen LogP contribution in [0, 0.1) is 0 Å². The predicted molar refractivity (Wildman–Crippen MR) is 85.2 cm³/mol. The number of carbonyl (C=O) groups is 1. The lowest BCUT2D eigenvalue weighted by Gasteiger charge is -2.25. The molecule has 5 nitrogen and oxygen atoms in total. The third-order valence-electron chi connectivity index (χ3n) is 3.85. The number of pyridine rings is 1. The van der Waals surface area contributed by atoms with Crippen LogP contribution in [0.2, 0.25) is 0 Å². The monoisotopic (exact) mass is 300 g/mol. The maximum absolute atomic E-state index is 12.5. The van der Waals surface area contributed by atoms with Gasteiger partial charge in [0, 0.05) is 31.9 Å². The van der Waals surface area contributed by atoms with Gasteiger partial charge in [-0.2, -0.15) is 0 Å². The molecule has 2 rings (SSSR count). The van der Waals surface area contributed by atoms with Gasteiger partial charge in [-0.05, 0) is 30.7 Å². The van der Waals surface area contributed by atoms with Crippen molar-refractivity contribution in [2.75, 3.05) is 14.2 Å². The maximum atomic E-state index is 12.5. The summed E-state index contributed by atoms with van der Waals surface area (Å²) in [4.78, 5) is 25.8. The Bertz CT molecular complexity index is 719. The summed E-state index contributed by atoms with van der Waals surface area (Å²) in [5, 5.41) is 0. The summed E-state index contributed by atoms with van der Waals surface area (Å²) in [6.07, 6.45) is 1.60. The number of benzene rings is 1. The zero-order valence-electron chi connectivity index (χ0n) is 13.2. The van der Waals surface area contributed by atoms with Gasteiger partial charge in [0.2, 0.25) is 0 Å². The van der Waals surface area contributed by atoms with Gasteiger partial charge in [-0.3, -0.25) is 9.59 Å². The molecule has 0 aliphatic heterocycles. The van der Waals surface area contributed by atoms with Crippen LogP contribution in [0.15, 0.2) is 47.4 Å². The predicted octanol–water partition coefficient (Wildman–Crippen LogP) is 2.23. The standard InChI is InChI=1S/C17H20N2O3/c1-12(13-5-7-15(22-4)8-6-13)19(3)17(21)14-9-10-18(2)16(20)11-14/h5-12H,1-4H3. The molecule has 0 saturated carbocycles. The summed E-state index contributed by atoms with van der Waals surface area (Å²) in [6, 6.07) is 10.5. The van der Waals surface area contributed by atoms with E-state index in [0.717, 1.165) is 11.3 Å². The number of aryl methyl sites for hydroxylation is 1. The Balaban J connectivity index is 2.21. The molecule has 0 fully saturated rings. The first-order valence-corrected chi connectivity index (χ1v) is 7.02. The highest BCUT2D eigenvalue weighted by molar-refractivity contribution is 5.94. The van der Waals surface area contributed by atoms with Crippen molar-refractivity contribution in [1.82, 2.24) is 9.47 Å². The largest absolute Gasteiger partial charge is 0.497 e. The highest BCUT2D eigenvalue weighted by Gasteiger charge is 2.19. The lowest BCUT2D eigenvalue weighted by Crippen LogP contribution is -2.31. The van der Waals surface area contributed by atoms with Crippen LogP contribution in [0.3, 0.4) is 0 Å². The van der Waals surface area contributed by atoms with Crippen LogP contribution in [0.4, 0.5) is 0 Å². The Kier molecular flexibility index (Phi) is 4.65. The second-order valence-corrected chi connectivity index (χ2v) is 5.23. The van der Waals surface area contributed by atoms with Crippen LogP contribution in [-0.4, -0.2) is 29.5 Å². The zero-order valence-corrected chi connectivity index (χ0v) is 13.2. The second kappa shape index (κ2) is 6.47. The van der Waals surface area contributed by atoms with E-state index < -0.39 is 0 Å². The lowest BCUT2D eigenvalue weighted by atomic mass is 10.1. The number of aromatic nitrogens is 1. The summed E-state index contributed by atoms with van der Waals surface area (Å²) >= 11 is 0. The van der Waals surface area contributed by atoms with E-state index in [4.69, 9.17) is 4.74 Å². The van der Waals surface area contributed by atoms with Crippen LogP contribution in [0.25, 0.3) is 0 Å². The number of ether oxygens (including phenoxy) is 1. The maximum Gasteiger partial charge on any atom is 0.254 e. The average Bonchev–Trinajstić information content (AvgIpc) is 2.55. The fourth-order valence-electron chi connectivity index (χ4n) is 2.17. The van der Waals surface area contributed by atoms with E-state index in [0.29, 0.717) is 5.56 Å². The van der Waals surface area contributed by atoms with E-state index in [9.17, 15) is 9.59 Å². The van der Waals surface area contributed by atoms with Gasteiger partial charge in [0.1, 0.15) is 5.75 Å². The molecule has 0 radical (unpaired) electrons. The molecule has 1 aromatic carbocycles. The first kappa shape index (κ1) is 15.8. The van der Waals surface area contributed by atoms with Gasteiger partial charge in [0.15, 0.2) is 0 Å².